The number of anilines is 1. The van der Waals surface area contributed by atoms with Crippen molar-refractivity contribution in [1.29, 1.82) is 0 Å². The predicted molar refractivity (Wildman–Crippen MR) is 103 cm³/mol. The Balaban J connectivity index is 1.78. The number of methoxy groups -OCH3 is 1. The van der Waals surface area contributed by atoms with Crippen molar-refractivity contribution in [3.8, 4) is 5.75 Å². The van der Waals surface area contributed by atoms with Gasteiger partial charge in [0, 0.05) is 11.8 Å². The van der Waals surface area contributed by atoms with E-state index < -0.39 is 0 Å². The molecule has 1 heterocycles. The van der Waals surface area contributed by atoms with Gasteiger partial charge in [-0.2, -0.15) is 0 Å². The van der Waals surface area contributed by atoms with Gasteiger partial charge in [0.1, 0.15) is 5.75 Å². The number of piperidine rings is 1. The summed E-state index contributed by atoms with van der Waals surface area (Å²) in [5.41, 5.74) is 1.96. The maximum absolute atomic E-state index is 12.3. The summed E-state index contributed by atoms with van der Waals surface area (Å²) in [6, 6.07) is 5.88. The van der Waals surface area contributed by atoms with Crippen LogP contribution < -0.4 is 10.1 Å². The molecule has 2 rings (SSSR count). The first kappa shape index (κ1) is 19.7. The summed E-state index contributed by atoms with van der Waals surface area (Å²) in [6.45, 7) is 5.75. The van der Waals surface area contributed by atoms with Gasteiger partial charge in [0.05, 0.1) is 13.7 Å². The van der Waals surface area contributed by atoms with Crippen molar-refractivity contribution in [1.82, 2.24) is 9.80 Å². The first-order chi connectivity index (χ1) is 12.0. The average molecular weight is 348 g/mol. The Bertz CT molecular complexity index is 552. The van der Waals surface area contributed by atoms with E-state index in [1.54, 1.807) is 7.11 Å². The molecule has 0 aromatic heterocycles. The number of ether oxygens (including phenoxy) is 1. The summed E-state index contributed by atoms with van der Waals surface area (Å²) < 4.78 is 5.39. The molecule has 5 heteroatoms. The van der Waals surface area contributed by atoms with Crippen LogP contribution >= 0.6 is 0 Å². The molecule has 0 bridgehead atoms. The van der Waals surface area contributed by atoms with Crippen LogP contribution in [-0.4, -0.2) is 63.1 Å². The number of hydrogen-bond acceptors (Lipinski definition) is 4. The summed E-state index contributed by atoms with van der Waals surface area (Å²) in [5.74, 6) is 1.69. The molecule has 1 saturated heterocycles. The number of nitrogens with one attached hydrogen (secondary N) is 1. The van der Waals surface area contributed by atoms with Gasteiger partial charge in [0.15, 0.2) is 0 Å². The van der Waals surface area contributed by atoms with Crippen molar-refractivity contribution >= 4 is 11.6 Å². The number of benzene rings is 1. The van der Waals surface area contributed by atoms with Crippen LogP contribution in [0.2, 0.25) is 0 Å². The molecular formula is C20H33N3O2. The van der Waals surface area contributed by atoms with E-state index in [4.69, 9.17) is 4.74 Å². The molecule has 0 atom stereocenters. The third kappa shape index (κ3) is 6.33. The molecule has 5 nitrogen and oxygen atoms in total. The summed E-state index contributed by atoms with van der Waals surface area (Å²) in [7, 11) is 5.92. The normalized spacial score (nSPS) is 16.2. The van der Waals surface area contributed by atoms with Gasteiger partial charge < -0.3 is 15.0 Å². The Morgan fingerprint density at radius 3 is 2.64 bits per heavy atom. The fraction of sp³-hybridized carbons (Fsp3) is 0.650. The summed E-state index contributed by atoms with van der Waals surface area (Å²) in [5, 5.41) is 3.00. The highest BCUT2D eigenvalue weighted by atomic mass is 16.5. The number of amides is 1. The van der Waals surface area contributed by atoms with Crippen LogP contribution in [-0.2, 0) is 11.2 Å². The van der Waals surface area contributed by atoms with Gasteiger partial charge in [-0.3, -0.25) is 9.69 Å². The molecule has 1 aromatic carbocycles. The first-order valence-electron chi connectivity index (χ1n) is 9.35. The second-order valence-corrected chi connectivity index (χ2v) is 7.24. The van der Waals surface area contributed by atoms with Crippen LogP contribution in [0.3, 0.4) is 0 Å². The smallest absolute Gasteiger partial charge is 0.238 e. The molecule has 1 fully saturated rings. The zero-order valence-corrected chi connectivity index (χ0v) is 16.2. The van der Waals surface area contributed by atoms with E-state index in [0.29, 0.717) is 6.54 Å². The molecule has 1 aliphatic rings. The fourth-order valence-electron chi connectivity index (χ4n) is 3.39. The summed E-state index contributed by atoms with van der Waals surface area (Å²) in [4.78, 5) is 16.8. The largest absolute Gasteiger partial charge is 0.496 e. The number of carbonyl (C=O) groups is 1. The Hall–Kier alpha value is -1.59. The number of rotatable bonds is 8. The van der Waals surface area contributed by atoms with Gasteiger partial charge in [0.25, 0.3) is 0 Å². The molecule has 1 N–H and O–H groups in total. The number of nitrogens with zero attached hydrogens (tertiary/aromatic N) is 2. The average Bonchev–Trinajstić information content (AvgIpc) is 2.60. The highest BCUT2D eigenvalue weighted by Gasteiger charge is 2.20. The quantitative estimate of drug-likeness (QED) is 0.785. The molecule has 1 amide bonds. The minimum atomic E-state index is 0.0537. The maximum atomic E-state index is 12.3. The van der Waals surface area contributed by atoms with Crippen LogP contribution in [0, 0.1) is 5.92 Å². The third-order valence-electron chi connectivity index (χ3n) is 5.01. The van der Waals surface area contributed by atoms with E-state index >= 15 is 0 Å². The summed E-state index contributed by atoms with van der Waals surface area (Å²) >= 11 is 0. The van der Waals surface area contributed by atoms with Crippen LogP contribution in [0.25, 0.3) is 0 Å². The Morgan fingerprint density at radius 1 is 1.32 bits per heavy atom. The lowest BCUT2D eigenvalue weighted by molar-refractivity contribution is -0.117. The van der Waals surface area contributed by atoms with Crippen molar-refractivity contribution in [2.45, 2.75) is 32.6 Å². The molecule has 140 valence electrons. The zero-order valence-electron chi connectivity index (χ0n) is 16.2. The van der Waals surface area contributed by atoms with Gasteiger partial charge in [-0.05, 0) is 77.0 Å². The van der Waals surface area contributed by atoms with E-state index in [1.807, 2.05) is 18.2 Å². The van der Waals surface area contributed by atoms with Gasteiger partial charge in [-0.15, -0.1) is 0 Å². The minimum Gasteiger partial charge on any atom is -0.496 e. The maximum Gasteiger partial charge on any atom is 0.238 e. The van der Waals surface area contributed by atoms with Gasteiger partial charge >= 0.3 is 0 Å². The predicted octanol–water partition coefficient (Wildman–Crippen LogP) is 2.86. The number of carbonyl (C=O) groups excluding carboxylic acids is 1. The topological polar surface area (TPSA) is 44.8 Å². The van der Waals surface area contributed by atoms with Gasteiger partial charge in [0.2, 0.25) is 5.91 Å². The molecule has 25 heavy (non-hydrogen) atoms. The van der Waals surface area contributed by atoms with Crippen molar-refractivity contribution in [3.05, 3.63) is 23.8 Å². The molecule has 0 aliphatic carbocycles. The molecule has 0 spiro atoms. The minimum absolute atomic E-state index is 0.0537. The SMILES string of the molecule is CCc1ccc(NC(=O)CN2CCC(CCN(C)C)CC2)cc1OC. The van der Waals surface area contributed by atoms with Crippen LogP contribution in [0.5, 0.6) is 5.75 Å². The highest BCUT2D eigenvalue weighted by molar-refractivity contribution is 5.92. The second kappa shape index (κ2) is 9.78. The zero-order chi connectivity index (χ0) is 18.2. The van der Waals surface area contributed by atoms with Crippen molar-refractivity contribution < 1.29 is 9.53 Å². The van der Waals surface area contributed by atoms with E-state index in [1.165, 1.54) is 19.3 Å². The number of hydrogen-bond donors (Lipinski definition) is 1. The van der Waals surface area contributed by atoms with Crippen LogP contribution in [0.15, 0.2) is 18.2 Å². The number of likely N-dealkylation sites (tertiary alicyclic amines) is 1. The second-order valence-electron chi connectivity index (χ2n) is 7.24. The lowest BCUT2D eigenvalue weighted by Crippen LogP contribution is -2.39. The Labute approximate surface area is 152 Å². The lowest BCUT2D eigenvalue weighted by Gasteiger charge is -2.32. The van der Waals surface area contributed by atoms with E-state index in [0.717, 1.165) is 49.0 Å². The van der Waals surface area contributed by atoms with Crippen molar-refractivity contribution in [3.63, 3.8) is 0 Å². The molecule has 1 aliphatic heterocycles. The molecule has 0 saturated carbocycles. The Kier molecular flexibility index (Phi) is 7.72. The fourth-order valence-corrected chi connectivity index (χ4v) is 3.39. The van der Waals surface area contributed by atoms with Crippen LogP contribution in [0.1, 0.15) is 31.7 Å². The van der Waals surface area contributed by atoms with E-state index in [9.17, 15) is 4.79 Å². The standard InChI is InChI=1S/C20H33N3O2/c1-5-17-6-7-18(14-19(17)25-4)21-20(24)15-23-12-9-16(10-13-23)8-11-22(2)3/h6-7,14,16H,5,8-13,15H2,1-4H3,(H,21,24). The van der Waals surface area contributed by atoms with Gasteiger partial charge in [-0.25, -0.2) is 0 Å². The molecular weight excluding hydrogens is 314 g/mol. The van der Waals surface area contributed by atoms with E-state index in [2.05, 4.69) is 36.1 Å². The summed E-state index contributed by atoms with van der Waals surface area (Å²) in [6.07, 6.45) is 4.57. The Morgan fingerprint density at radius 2 is 2.04 bits per heavy atom. The monoisotopic (exact) mass is 347 g/mol. The highest BCUT2D eigenvalue weighted by Crippen LogP contribution is 2.24. The number of aryl methyl sites for hydroxylation is 1. The van der Waals surface area contributed by atoms with Gasteiger partial charge in [-0.1, -0.05) is 13.0 Å². The van der Waals surface area contributed by atoms with Crippen molar-refractivity contribution in [2.24, 2.45) is 5.92 Å². The lowest BCUT2D eigenvalue weighted by atomic mass is 9.93. The van der Waals surface area contributed by atoms with Crippen molar-refractivity contribution in [2.75, 3.05) is 52.7 Å². The van der Waals surface area contributed by atoms with E-state index in [-0.39, 0.29) is 5.91 Å². The molecule has 1 aromatic rings. The molecule has 0 unspecified atom stereocenters. The molecule has 0 radical (unpaired) electrons. The third-order valence-corrected chi connectivity index (χ3v) is 5.01. The van der Waals surface area contributed by atoms with Crippen LogP contribution in [0.4, 0.5) is 5.69 Å². The first-order valence-corrected chi connectivity index (χ1v) is 9.35.